The first kappa shape index (κ1) is 14.1. The third-order valence-electron chi connectivity index (χ3n) is 4.32. The van der Waals surface area contributed by atoms with E-state index in [1.54, 1.807) is 35.6 Å². The number of nitrogens with one attached hydrogen (secondary N) is 1. The summed E-state index contributed by atoms with van der Waals surface area (Å²) in [6.45, 7) is 1.73. The zero-order chi connectivity index (χ0) is 15.7. The number of hydrogen-bond donors (Lipinski definition) is 1. The van der Waals surface area contributed by atoms with Crippen LogP contribution in [0, 0.1) is 0 Å². The summed E-state index contributed by atoms with van der Waals surface area (Å²) in [5, 5.41) is 6.54. The molecule has 1 N–H and O–H groups in total. The Morgan fingerprint density at radius 3 is 3.04 bits per heavy atom. The van der Waals surface area contributed by atoms with E-state index in [0.717, 1.165) is 12.8 Å². The van der Waals surface area contributed by atoms with Crippen LogP contribution in [0.3, 0.4) is 0 Å². The van der Waals surface area contributed by atoms with Crippen molar-refractivity contribution in [2.75, 3.05) is 19.7 Å². The fourth-order valence-corrected chi connectivity index (χ4v) is 3.22. The largest absolute Gasteiger partial charge is 0.458 e. The molecule has 2 fully saturated rings. The van der Waals surface area contributed by atoms with Crippen molar-refractivity contribution < 1.29 is 14.3 Å². The van der Waals surface area contributed by atoms with E-state index >= 15 is 0 Å². The van der Waals surface area contributed by atoms with Gasteiger partial charge in [-0.2, -0.15) is 5.10 Å². The fourth-order valence-electron chi connectivity index (χ4n) is 3.22. The minimum Gasteiger partial charge on any atom is -0.458 e. The van der Waals surface area contributed by atoms with E-state index in [1.165, 1.54) is 0 Å². The standard InChI is InChI=1S/C15H17N5O3/c21-13(12-2-6-18-19-12)20-7-3-15(10-20)8-11(9-22-15)23-14-16-4-1-5-17-14/h1-2,4-6,11H,3,7-10H2,(H,18,19)/t11-,15+/m1/s1. The molecule has 1 spiro atoms. The second-order valence-electron chi connectivity index (χ2n) is 5.92. The molecule has 8 nitrogen and oxygen atoms in total. The Labute approximate surface area is 132 Å². The molecule has 2 aromatic heterocycles. The van der Waals surface area contributed by atoms with Gasteiger partial charge in [0.15, 0.2) is 0 Å². The van der Waals surface area contributed by atoms with Crippen LogP contribution in [-0.4, -0.2) is 62.4 Å². The molecule has 2 aromatic rings. The summed E-state index contributed by atoms with van der Waals surface area (Å²) in [4.78, 5) is 22.3. The van der Waals surface area contributed by atoms with Crippen LogP contribution >= 0.6 is 0 Å². The van der Waals surface area contributed by atoms with E-state index < -0.39 is 0 Å². The first-order valence-electron chi connectivity index (χ1n) is 7.60. The molecule has 2 aliphatic rings. The molecule has 4 heterocycles. The molecule has 8 heteroatoms. The van der Waals surface area contributed by atoms with Crippen molar-refractivity contribution in [1.29, 1.82) is 0 Å². The molecule has 1 amide bonds. The van der Waals surface area contributed by atoms with Gasteiger partial charge in [-0.05, 0) is 18.6 Å². The number of aromatic amines is 1. The molecule has 0 bridgehead atoms. The average Bonchev–Trinajstić information content (AvgIpc) is 3.31. The zero-order valence-electron chi connectivity index (χ0n) is 12.5. The number of nitrogens with zero attached hydrogens (tertiary/aromatic N) is 4. The van der Waals surface area contributed by atoms with Gasteiger partial charge in [0, 0.05) is 31.6 Å². The van der Waals surface area contributed by atoms with Gasteiger partial charge in [0.1, 0.15) is 11.8 Å². The minimum absolute atomic E-state index is 0.0428. The van der Waals surface area contributed by atoms with Crippen LogP contribution in [0.1, 0.15) is 23.3 Å². The zero-order valence-corrected chi connectivity index (χ0v) is 12.5. The topological polar surface area (TPSA) is 93.2 Å². The van der Waals surface area contributed by atoms with Crippen molar-refractivity contribution in [1.82, 2.24) is 25.1 Å². The average molecular weight is 315 g/mol. The van der Waals surface area contributed by atoms with Gasteiger partial charge in [0.05, 0.1) is 18.8 Å². The van der Waals surface area contributed by atoms with Gasteiger partial charge in [0.2, 0.25) is 0 Å². The maximum Gasteiger partial charge on any atom is 0.316 e. The Kier molecular flexibility index (Phi) is 3.45. The Morgan fingerprint density at radius 2 is 2.26 bits per heavy atom. The summed E-state index contributed by atoms with van der Waals surface area (Å²) in [6.07, 6.45) is 6.33. The van der Waals surface area contributed by atoms with E-state index in [9.17, 15) is 4.79 Å². The van der Waals surface area contributed by atoms with E-state index in [-0.39, 0.29) is 17.6 Å². The lowest BCUT2D eigenvalue weighted by atomic mass is 9.98. The third-order valence-corrected chi connectivity index (χ3v) is 4.32. The third kappa shape index (κ3) is 2.77. The van der Waals surface area contributed by atoms with E-state index in [2.05, 4.69) is 20.2 Å². The van der Waals surface area contributed by atoms with Crippen LogP contribution in [0.2, 0.25) is 0 Å². The smallest absolute Gasteiger partial charge is 0.316 e. The molecular weight excluding hydrogens is 298 g/mol. The van der Waals surface area contributed by atoms with Gasteiger partial charge in [-0.3, -0.25) is 9.89 Å². The molecule has 2 atom stereocenters. The molecule has 0 saturated carbocycles. The quantitative estimate of drug-likeness (QED) is 0.894. The predicted molar refractivity (Wildman–Crippen MR) is 78.9 cm³/mol. The number of hydrogen-bond acceptors (Lipinski definition) is 6. The van der Waals surface area contributed by atoms with Gasteiger partial charge >= 0.3 is 6.01 Å². The molecule has 0 aliphatic carbocycles. The number of rotatable bonds is 3. The number of H-pyrrole nitrogens is 1. The molecule has 120 valence electrons. The molecule has 4 rings (SSSR count). The molecule has 2 aliphatic heterocycles. The van der Waals surface area contributed by atoms with Crippen LogP contribution in [0.25, 0.3) is 0 Å². The van der Waals surface area contributed by atoms with Crippen molar-refractivity contribution in [3.63, 3.8) is 0 Å². The number of likely N-dealkylation sites (tertiary alicyclic amines) is 1. The van der Waals surface area contributed by atoms with Crippen LogP contribution < -0.4 is 4.74 Å². The normalized spacial score (nSPS) is 26.8. The SMILES string of the molecule is O=C(c1ccn[nH]1)N1CC[C@]2(C[C@@H](Oc3ncccn3)CO2)C1. The van der Waals surface area contributed by atoms with Crippen LogP contribution in [0.15, 0.2) is 30.7 Å². The number of carbonyl (C=O) groups is 1. The van der Waals surface area contributed by atoms with Crippen LogP contribution in [0.5, 0.6) is 6.01 Å². The maximum absolute atomic E-state index is 12.4. The van der Waals surface area contributed by atoms with E-state index in [1.807, 2.05) is 0 Å². The summed E-state index contributed by atoms with van der Waals surface area (Å²) < 4.78 is 11.7. The van der Waals surface area contributed by atoms with E-state index in [4.69, 9.17) is 9.47 Å². The van der Waals surface area contributed by atoms with Crippen molar-refractivity contribution in [2.45, 2.75) is 24.5 Å². The molecule has 2 saturated heterocycles. The number of aromatic nitrogens is 4. The molecule has 0 aromatic carbocycles. The second kappa shape index (κ2) is 5.62. The highest BCUT2D eigenvalue weighted by Gasteiger charge is 2.48. The summed E-state index contributed by atoms with van der Waals surface area (Å²) >= 11 is 0. The van der Waals surface area contributed by atoms with Gasteiger partial charge in [0.25, 0.3) is 5.91 Å². The Bertz CT molecular complexity index is 678. The molecule has 0 unspecified atom stereocenters. The Hall–Kier alpha value is -2.48. The highest BCUT2D eigenvalue weighted by molar-refractivity contribution is 5.92. The lowest BCUT2D eigenvalue weighted by Crippen LogP contribution is -2.36. The first-order valence-corrected chi connectivity index (χ1v) is 7.60. The lowest BCUT2D eigenvalue weighted by Gasteiger charge is -2.22. The van der Waals surface area contributed by atoms with Crippen molar-refractivity contribution in [3.8, 4) is 6.01 Å². The molecular formula is C15H17N5O3. The van der Waals surface area contributed by atoms with Gasteiger partial charge in [-0.25, -0.2) is 9.97 Å². The predicted octanol–water partition coefficient (Wildman–Crippen LogP) is 0.652. The van der Waals surface area contributed by atoms with E-state index in [0.29, 0.717) is 31.4 Å². The number of carbonyl (C=O) groups excluding carboxylic acids is 1. The lowest BCUT2D eigenvalue weighted by molar-refractivity contribution is 0.00967. The minimum atomic E-state index is -0.324. The Morgan fingerprint density at radius 1 is 1.39 bits per heavy atom. The first-order chi connectivity index (χ1) is 11.2. The highest BCUT2D eigenvalue weighted by Crippen LogP contribution is 2.36. The monoisotopic (exact) mass is 315 g/mol. The number of ether oxygens (including phenoxy) is 2. The summed E-state index contributed by atoms with van der Waals surface area (Å²) in [6, 6.07) is 3.79. The van der Waals surface area contributed by atoms with Crippen LogP contribution in [0.4, 0.5) is 0 Å². The van der Waals surface area contributed by atoms with Gasteiger partial charge in [-0.1, -0.05) is 0 Å². The maximum atomic E-state index is 12.4. The molecule has 23 heavy (non-hydrogen) atoms. The molecule has 0 radical (unpaired) electrons. The summed E-state index contributed by atoms with van der Waals surface area (Å²) in [5.41, 5.74) is 0.181. The summed E-state index contributed by atoms with van der Waals surface area (Å²) in [5.74, 6) is -0.0428. The van der Waals surface area contributed by atoms with Crippen molar-refractivity contribution in [2.24, 2.45) is 0 Å². The van der Waals surface area contributed by atoms with Gasteiger partial charge in [-0.15, -0.1) is 0 Å². The Balaban J connectivity index is 1.38. The van der Waals surface area contributed by atoms with Crippen molar-refractivity contribution >= 4 is 5.91 Å². The highest BCUT2D eigenvalue weighted by atomic mass is 16.6. The summed E-state index contributed by atoms with van der Waals surface area (Å²) in [7, 11) is 0. The van der Waals surface area contributed by atoms with Crippen molar-refractivity contribution in [3.05, 3.63) is 36.4 Å². The van der Waals surface area contributed by atoms with Gasteiger partial charge < -0.3 is 14.4 Å². The van der Waals surface area contributed by atoms with Crippen LogP contribution in [-0.2, 0) is 4.74 Å². The number of amides is 1. The second-order valence-corrected chi connectivity index (χ2v) is 5.92. The fraction of sp³-hybridized carbons (Fsp3) is 0.467.